The molecule has 2 amide bonds. The van der Waals surface area contributed by atoms with Crippen molar-refractivity contribution in [1.82, 2.24) is 15.3 Å². The molecule has 190 valence electrons. The Balaban J connectivity index is 1.68. The third kappa shape index (κ3) is 7.68. The number of anilines is 2. The van der Waals surface area contributed by atoms with Crippen LogP contribution in [0.4, 0.5) is 24.7 Å². The molecular weight excluding hydrogens is 495 g/mol. The van der Waals surface area contributed by atoms with Crippen LogP contribution in [-0.2, 0) is 10.5 Å². The molecule has 36 heavy (non-hydrogen) atoms. The first-order valence-electron chi connectivity index (χ1n) is 10.8. The monoisotopic (exact) mass is 519 g/mol. The molecule has 0 unspecified atom stereocenters. The van der Waals surface area contributed by atoms with Gasteiger partial charge in [0.15, 0.2) is 0 Å². The number of ether oxygens (including phenoxy) is 1. The zero-order valence-corrected chi connectivity index (χ0v) is 20.3. The molecule has 0 aliphatic carbocycles. The molecule has 0 saturated carbocycles. The number of pyridine rings is 2. The van der Waals surface area contributed by atoms with Gasteiger partial charge in [-0.1, -0.05) is 0 Å². The highest BCUT2D eigenvalue weighted by molar-refractivity contribution is 7.98. The third-order valence-corrected chi connectivity index (χ3v) is 5.85. The number of nitrogens with one attached hydrogen (secondary N) is 2. The second-order valence-electron chi connectivity index (χ2n) is 7.36. The van der Waals surface area contributed by atoms with E-state index in [1.54, 1.807) is 36.5 Å². The van der Waals surface area contributed by atoms with Gasteiger partial charge in [0, 0.05) is 30.4 Å². The Morgan fingerprint density at radius 1 is 1.08 bits per heavy atom. The molecule has 1 aromatic carbocycles. The Kier molecular flexibility index (Phi) is 9.25. The lowest BCUT2D eigenvalue weighted by atomic mass is 10.2. The average molecular weight is 520 g/mol. The molecule has 0 saturated heterocycles. The van der Waals surface area contributed by atoms with Gasteiger partial charge in [-0.25, -0.2) is 9.97 Å². The minimum atomic E-state index is -4.79. The van der Waals surface area contributed by atoms with Gasteiger partial charge in [-0.05, 0) is 68.1 Å². The summed E-state index contributed by atoms with van der Waals surface area (Å²) >= 11 is 1.33. The lowest BCUT2D eigenvalue weighted by molar-refractivity contribution is -0.274. The predicted octanol–water partition coefficient (Wildman–Crippen LogP) is 4.49. The Labute approximate surface area is 210 Å². The van der Waals surface area contributed by atoms with Gasteiger partial charge in [0.2, 0.25) is 5.91 Å². The fourth-order valence-electron chi connectivity index (χ4n) is 3.18. The molecule has 2 heterocycles. The fourth-order valence-corrected chi connectivity index (χ4v) is 4.11. The second kappa shape index (κ2) is 12.4. The van der Waals surface area contributed by atoms with E-state index in [1.807, 2.05) is 19.1 Å². The maximum Gasteiger partial charge on any atom is 0.573 e. The fraction of sp³-hybridized carbons (Fsp3) is 0.250. The number of likely N-dealkylation sites (N-methyl/N-ethyl adjacent to an activating group) is 2. The molecule has 2 N–H and O–H groups in total. The van der Waals surface area contributed by atoms with Crippen LogP contribution in [0.5, 0.6) is 5.75 Å². The number of carbonyl (C=O) groups excluding carboxylic acids is 2. The van der Waals surface area contributed by atoms with Crippen molar-refractivity contribution < 1.29 is 27.5 Å². The van der Waals surface area contributed by atoms with Gasteiger partial charge < -0.3 is 15.4 Å². The molecular formula is C24H24F3N5O3S. The summed E-state index contributed by atoms with van der Waals surface area (Å²) in [5.74, 6) is 0.0601. The van der Waals surface area contributed by atoms with Crippen LogP contribution in [0.25, 0.3) is 0 Å². The van der Waals surface area contributed by atoms with Crippen molar-refractivity contribution in [2.24, 2.45) is 0 Å². The van der Waals surface area contributed by atoms with Crippen molar-refractivity contribution in [3.63, 3.8) is 0 Å². The number of hydrogen-bond donors (Lipinski definition) is 2. The van der Waals surface area contributed by atoms with Crippen molar-refractivity contribution in [2.45, 2.75) is 24.1 Å². The standard InChI is InChI=1S/C24H24F3N5O3S/c1-3-32(21(33)14-28-2)20-13-16(10-12-29-20)15-36-23-19(5-4-11-30-23)22(34)31-17-6-8-18(9-7-17)35-24(25,26)27/h4-13,28H,3,14-15H2,1-2H3,(H,31,34). The van der Waals surface area contributed by atoms with Crippen LogP contribution in [0.15, 0.2) is 66.0 Å². The number of aromatic nitrogens is 2. The summed E-state index contributed by atoms with van der Waals surface area (Å²) in [5, 5.41) is 5.97. The molecule has 2 aromatic heterocycles. The summed E-state index contributed by atoms with van der Waals surface area (Å²) in [7, 11) is 1.70. The molecule has 3 aromatic rings. The predicted molar refractivity (Wildman–Crippen MR) is 131 cm³/mol. The Morgan fingerprint density at radius 3 is 2.50 bits per heavy atom. The van der Waals surface area contributed by atoms with Crippen LogP contribution in [0.2, 0.25) is 0 Å². The summed E-state index contributed by atoms with van der Waals surface area (Å²) in [6, 6.07) is 11.7. The largest absolute Gasteiger partial charge is 0.573 e. The number of halogens is 3. The number of thioether (sulfide) groups is 1. The summed E-state index contributed by atoms with van der Waals surface area (Å²) in [5.41, 5.74) is 1.50. The Morgan fingerprint density at radius 2 is 1.83 bits per heavy atom. The minimum absolute atomic E-state index is 0.0982. The quantitative estimate of drug-likeness (QED) is 0.381. The van der Waals surface area contributed by atoms with Crippen LogP contribution in [0.1, 0.15) is 22.8 Å². The SMILES string of the molecule is CCN(C(=O)CNC)c1cc(CSc2ncccc2C(=O)Nc2ccc(OC(F)(F)F)cc2)ccn1. The Hall–Kier alpha value is -3.64. The van der Waals surface area contributed by atoms with E-state index < -0.39 is 12.3 Å². The Bertz CT molecular complexity index is 1190. The first kappa shape index (κ1) is 27.0. The number of hydrogen-bond acceptors (Lipinski definition) is 7. The van der Waals surface area contributed by atoms with Crippen molar-refractivity contribution in [1.29, 1.82) is 0 Å². The molecule has 0 spiro atoms. The molecule has 3 rings (SSSR count). The van der Waals surface area contributed by atoms with Crippen LogP contribution >= 0.6 is 11.8 Å². The topological polar surface area (TPSA) is 96.5 Å². The summed E-state index contributed by atoms with van der Waals surface area (Å²) in [4.78, 5) is 35.4. The van der Waals surface area contributed by atoms with Gasteiger partial charge in [0.05, 0.1) is 12.1 Å². The van der Waals surface area contributed by atoms with Gasteiger partial charge in [0.1, 0.15) is 16.6 Å². The first-order chi connectivity index (χ1) is 17.2. The number of benzene rings is 1. The van der Waals surface area contributed by atoms with E-state index >= 15 is 0 Å². The van der Waals surface area contributed by atoms with Crippen LogP contribution < -0.4 is 20.3 Å². The lowest BCUT2D eigenvalue weighted by Gasteiger charge is -2.20. The highest BCUT2D eigenvalue weighted by Gasteiger charge is 2.31. The molecule has 0 atom stereocenters. The number of rotatable bonds is 10. The highest BCUT2D eigenvalue weighted by atomic mass is 32.2. The summed E-state index contributed by atoms with van der Waals surface area (Å²) in [6.45, 7) is 2.53. The molecule has 12 heteroatoms. The van der Waals surface area contributed by atoms with E-state index in [1.165, 1.54) is 23.9 Å². The van der Waals surface area contributed by atoms with Crippen LogP contribution in [0, 0.1) is 0 Å². The van der Waals surface area contributed by atoms with E-state index in [9.17, 15) is 22.8 Å². The lowest BCUT2D eigenvalue weighted by Crippen LogP contribution is -2.37. The molecule has 0 fully saturated rings. The van der Waals surface area contributed by atoms with Crippen molar-refractivity contribution in [3.8, 4) is 5.75 Å². The molecule has 0 bridgehead atoms. The van der Waals surface area contributed by atoms with E-state index in [2.05, 4.69) is 25.3 Å². The molecule has 0 radical (unpaired) electrons. The highest BCUT2D eigenvalue weighted by Crippen LogP contribution is 2.27. The van der Waals surface area contributed by atoms with Gasteiger partial charge in [-0.2, -0.15) is 0 Å². The zero-order valence-electron chi connectivity index (χ0n) is 19.5. The van der Waals surface area contributed by atoms with E-state index in [4.69, 9.17) is 0 Å². The summed E-state index contributed by atoms with van der Waals surface area (Å²) in [6.07, 6.45) is -1.60. The van der Waals surface area contributed by atoms with Gasteiger partial charge in [-0.3, -0.25) is 14.5 Å². The van der Waals surface area contributed by atoms with Crippen LogP contribution in [-0.4, -0.2) is 48.3 Å². The normalized spacial score (nSPS) is 11.1. The molecule has 8 nitrogen and oxygen atoms in total. The minimum Gasteiger partial charge on any atom is -0.406 e. The summed E-state index contributed by atoms with van der Waals surface area (Å²) < 4.78 is 40.8. The van der Waals surface area contributed by atoms with Crippen LogP contribution in [0.3, 0.4) is 0 Å². The van der Waals surface area contributed by atoms with E-state index in [-0.39, 0.29) is 18.2 Å². The smallest absolute Gasteiger partial charge is 0.406 e. The first-order valence-corrected chi connectivity index (χ1v) is 11.8. The van der Waals surface area contributed by atoms with Gasteiger partial charge >= 0.3 is 6.36 Å². The van der Waals surface area contributed by atoms with Crippen molar-refractivity contribution >= 4 is 35.1 Å². The average Bonchev–Trinajstić information content (AvgIpc) is 2.84. The van der Waals surface area contributed by atoms with Crippen molar-refractivity contribution in [2.75, 3.05) is 30.4 Å². The van der Waals surface area contributed by atoms with E-state index in [0.717, 1.165) is 17.7 Å². The number of amides is 2. The molecule has 0 aliphatic rings. The van der Waals surface area contributed by atoms with Gasteiger partial charge in [0.25, 0.3) is 5.91 Å². The van der Waals surface area contributed by atoms with E-state index in [0.29, 0.717) is 34.4 Å². The molecule has 0 aliphatic heterocycles. The maximum absolute atomic E-state index is 12.8. The maximum atomic E-state index is 12.8. The zero-order chi connectivity index (χ0) is 26.1. The third-order valence-electron chi connectivity index (χ3n) is 4.77. The number of carbonyl (C=O) groups is 2. The number of alkyl halides is 3. The van der Waals surface area contributed by atoms with Crippen molar-refractivity contribution in [3.05, 3.63) is 72.1 Å². The second-order valence-corrected chi connectivity index (χ2v) is 8.33. The van der Waals surface area contributed by atoms with Gasteiger partial charge in [-0.15, -0.1) is 24.9 Å². The number of nitrogens with zero attached hydrogens (tertiary/aromatic N) is 3.